The van der Waals surface area contributed by atoms with E-state index in [1.54, 1.807) is 0 Å². The minimum Gasteiger partial charge on any atom is -0.303 e. The number of hydrogen-bond acceptors (Lipinski definition) is 2. The highest BCUT2D eigenvalue weighted by Gasteiger charge is 2.14. The lowest BCUT2D eigenvalue weighted by Gasteiger charge is -2.13. The second kappa shape index (κ2) is 3.90. The zero-order valence-corrected chi connectivity index (χ0v) is 6.24. The van der Waals surface area contributed by atoms with Crippen molar-refractivity contribution in [2.45, 2.75) is 20.3 Å². The Morgan fingerprint density at radius 2 is 2.30 bits per heavy atom. The Morgan fingerprint density at radius 3 is 2.70 bits per heavy atom. The Bertz CT molecular complexity index is 158. The Morgan fingerprint density at radius 1 is 1.70 bits per heavy atom. The van der Waals surface area contributed by atoms with Gasteiger partial charge in [0.25, 0.3) is 0 Å². The van der Waals surface area contributed by atoms with Crippen molar-refractivity contribution < 1.29 is 4.79 Å². The quantitative estimate of drug-likeness (QED) is 0.255. The van der Waals surface area contributed by atoms with E-state index in [1.807, 2.05) is 13.8 Å². The molecule has 4 nitrogen and oxygen atoms in total. The van der Waals surface area contributed by atoms with Crippen molar-refractivity contribution in [2.24, 2.45) is 10.5 Å². The van der Waals surface area contributed by atoms with Gasteiger partial charge in [-0.3, -0.25) is 0 Å². The van der Waals surface area contributed by atoms with E-state index < -0.39 is 0 Å². The Hall–Kier alpha value is -1.02. The van der Waals surface area contributed by atoms with Crippen LogP contribution in [-0.2, 0) is 4.79 Å². The van der Waals surface area contributed by atoms with Gasteiger partial charge in [-0.25, -0.2) is 0 Å². The third-order valence-corrected chi connectivity index (χ3v) is 1.24. The highest BCUT2D eigenvalue weighted by molar-refractivity contribution is 5.57. The SMILES string of the molecule is CC(C)(C=O)CCN=[N+]=[N-]. The molecule has 0 amide bonds. The summed E-state index contributed by atoms with van der Waals surface area (Å²) in [7, 11) is 0. The van der Waals surface area contributed by atoms with Crippen LogP contribution in [0.4, 0.5) is 0 Å². The molecule has 0 aromatic rings. The summed E-state index contributed by atoms with van der Waals surface area (Å²) < 4.78 is 0. The summed E-state index contributed by atoms with van der Waals surface area (Å²) in [6.45, 7) is 4.02. The fraction of sp³-hybridized carbons (Fsp3) is 0.833. The summed E-state index contributed by atoms with van der Waals surface area (Å²) in [6.07, 6.45) is 1.49. The topological polar surface area (TPSA) is 65.8 Å². The predicted molar refractivity (Wildman–Crippen MR) is 38.5 cm³/mol. The van der Waals surface area contributed by atoms with Crippen LogP contribution in [-0.4, -0.2) is 12.8 Å². The van der Waals surface area contributed by atoms with Crippen molar-refractivity contribution in [3.63, 3.8) is 0 Å². The smallest absolute Gasteiger partial charge is 0.125 e. The molecule has 0 aromatic heterocycles. The first-order valence-corrected chi connectivity index (χ1v) is 3.09. The number of carbonyl (C=O) groups is 1. The van der Waals surface area contributed by atoms with Crippen molar-refractivity contribution in [3.05, 3.63) is 10.4 Å². The van der Waals surface area contributed by atoms with Crippen molar-refractivity contribution in [1.82, 2.24) is 0 Å². The molecule has 0 rings (SSSR count). The minimum atomic E-state index is -0.353. The minimum absolute atomic E-state index is 0.353. The monoisotopic (exact) mass is 141 g/mol. The maximum Gasteiger partial charge on any atom is 0.125 e. The van der Waals surface area contributed by atoms with E-state index in [-0.39, 0.29) is 5.41 Å². The molecule has 0 spiro atoms. The molecule has 0 fully saturated rings. The molecule has 0 atom stereocenters. The van der Waals surface area contributed by atoms with Gasteiger partial charge in [-0.1, -0.05) is 19.0 Å². The van der Waals surface area contributed by atoms with Crippen LogP contribution < -0.4 is 0 Å². The largest absolute Gasteiger partial charge is 0.303 e. The van der Waals surface area contributed by atoms with Crippen molar-refractivity contribution >= 4 is 6.29 Å². The third kappa shape index (κ3) is 3.92. The summed E-state index contributed by atoms with van der Waals surface area (Å²) in [5, 5.41) is 3.33. The van der Waals surface area contributed by atoms with Gasteiger partial charge in [0, 0.05) is 16.9 Å². The number of aldehydes is 1. The van der Waals surface area contributed by atoms with E-state index in [9.17, 15) is 4.79 Å². The molecule has 0 unspecified atom stereocenters. The fourth-order valence-corrected chi connectivity index (χ4v) is 0.442. The van der Waals surface area contributed by atoms with Gasteiger partial charge in [0.2, 0.25) is 0 Å². The average molecular weight is 141 g/mol. The third-order valence-electron chi connectivity index (χ3n) is 1.24. The van der Waals surface area contributed by atoms with Crippen LogP contribution >= 0.6 is 0 Å². The van der Waals surface area contributed by atoms with Gasteiger partial charge in [-0.2, -0.15) is 0 Å². The highest BCUT2D eigenvalue weighted by Crippen LogP contribution is 2.15. The predicted octanol–water partition coefficient (Wildman–Crippen LogP) is 1.91. The van der Waals surface area contributed by atoms with E-state index in [1.165, 1.54) is 0 Å². The molecule has 0 saturated heterocycles. The van der Waals surface area contributed by atoms with E-state index in [0.717, 1.165) is 6.29 Å². The summed E-state index contributed by atoms with van der Waals surface area (Å²) >= 11 is 0. The Balaban J connectivity index is 3.66. The molecule has 0 aromatic carbocycles. The first kappa shape index (κ1) is 8.98. The molecule has 0 radical (unpaired) electrons. The van der Waals surface area contributed by atoms with Gasteiger partial charge in [0.05, 0.1) is 0 Å². The standard InChI is InChI=1S/C6H11N3O/c1-6(2,5-10)3-4-8-9-7/h5H,3-4H2,1-2H3. The molecule has 0 aliphatic heterocycles. The van der Waals surface area contributed by atoms with Crippen molar-refractivity contribution in [2.75, 3.05) is 6.54 Å². The van der Waals surface area contributed by atoms with Gasteiger partial charge >= 0.3 is 0 Å². The number of carbonyl (C=O) groups excluding carboxylic acids is 1. The van der Waals surface area contributed by atoms with E-state index in [0.29, 0.717) is 13.0 Å². The molecular weight excluding hydrogens is 130 g/mol. The van der Waals surface area contributed by atoms with E-state index >= 15 is 0 Å². The molecule has 0 aliphatic rings. The van der Waals surface area contributed by atoms with Crippen LogP contribution in [0.2, 0.25) is 0 Å². The Kier molecular flexibility index (Phi) is 3.51. The van der Waals surface area contributed by atoms with Crippen LogP contribution in [0.25, 0.3) is 10.4 Å². The summed E-state index contributed by atoms with van der Waals surface area (Å²) in [6, 6.07) is 0. The van der Waals surface area contributed by atoms with Crippen LogP contribution in [0.1, 0.15) is 20.3 Å². The van der Waals surface area contributed by atoms with E-state index in [4.69, 9.17) is 5.53 Å². The second-order valence-corrected chi connectivity index (χ2v) is 2.81. The summed E-state index contributed by atoms with van der Waals surface area (Å²) in [5.41, 5.74) is 7.55. The average Bonchev–Trinajstić information content (AvgIpc) is 1.89. The van der Waals surface area contributed by atoms with Crippen LogP contribution in [0.15, 0.2) is 5.11 Å². The number of nitrogens with zero attached hydrogens (tertiary/aromatic N) is 3. The lowest BCUT2D eigenvalue weighted by molar-refractivity contribution is -0.114. The normalized spacial score (nSPS) is 10.2. The maximum absolute atomic E-state index is 10.3. The van der Waals surface area contributed by atoms with Gasteiger partial charge in [0.15, 0.2) is 0 Å². The molecule has 10 heavy (non-hydrogen) atoms. The van der Waals surface area contributed by atoms with E-state index in [2.05, 4.69) is 10.0 Å². The summed E-state index contributed by atoms with van der Waals surface area (Å²) in [5.74, 6) is 0. The van der Waals surface area contributed by atoms with Crippen LogP contribution in [0.3, 0.4) is 0 Å². The molecule has 4 heteroatoms. The summed E-state index contributed by atoms with van der Waals surface area (Å²) in [4.78, 5) is 12.9. The highest BCUT2D eigenvalue weighted by atomic mass is 16.1. The lowest BCUT2D eigenvalue weighted by Crippen LogP contribution is -2.13. The molecule has 0 saturated carbocycles. The second-order valence-electron chi connectivity index (χ2n) is 2.81. The zero-order chi connectivity index (χ0) is 8.04. The zero-order valence-electron chi connectivity index (χ0n) is 6.24. The molecule has 56 valence electrons. The van der Waals surface area contributed by atoms with Crippen molar-refractivity contribution in [1.29, 1.82) is 0 Å². The number of azide groups is 1. The molecule has 0 N–H and O–H groups in total. The number of hydrogen-bond donors (Lipinski definition) is 0. The maximum atomic E-state index is 10.3. The molecular formula is C6H11N3O. The van der Waals surface area contributed by atoms with Gasteiger partial charge in [0.1, 0.15) is 6.29 Å². The molecule has 0 bridgehead atoms. The Labute approximate surface area is 59.9 Å². The van der Waals surface area contributed by atoms with Gasteiger partial charge in [-0.15, -0.1) is 0 Å². The van der Waals surface area contributed by atoms with Crippen LogP contribution in [0.5, 0.6) is 0 Å². The van der Waals surface area contributed by atoms with Crippen LogP contribution in [0, 0.1) is 5.41 Å². The number of rotatable bonds is 4. The van der Waals surface area contributed by atoms with Crippen molar-refractivity contribution in [3.8, 4) is 0 Å². The first-order chi connectivity index (χ1) is 4.62. The first-order valence-electron chi connectivity index (χ1n) is 3.09. The molecule has 0 aliphatic carbocycles. The fourth-order valence-electron chi connectivity index (χ4n) is 0.442. The van der Waals surface area contributed by atoms with Gasteiger partial charge in [-0.05, 0) is 12.0 Å². The van der Waals surface area contributed by atoms with Gasteiger partial charge < -0.3 is 4.79 Å². The molecule has 0 heterocycles. The lowest BCUT2D eigenvalue weighted by atomic mass is 9.92.